The third-order valence-corrected chi connectivity index (χ3v) is 2.19. The quantitative estimate of drug-likeness (QED) is 0.749. The summed E-state index contributed by atoms with van der Waals surface area (Å²) in [5.74, 6) is -0.0556. The van der Waals surface area contributed by atoms with Crippen LogP contribution in [0.25, 0.3) is 0 Å². The molecule has 0 bridgehead atoms. The van der Waals surface area contributed by atoms with E-state index >= 15 is 0 Å². The van der Waals surface area contributed by atoms with Gasteiger partial charge in [-0.1, -0.05) is 38.1 Å². The van der Waals surface area contributed by atoms with Gasteiger partial charge in [-0.2, -0.15) is 10.5 Å². The van der Waals surface area contributed by atoms with Gasteiger partial charge in [-0.3, -0.25) is 0 Å². The van der Waals surface area contributed by atoms with E-state index in [9.17, 15) is 0 Å². The summed E-state index contributed by atoms with van der Waals surface area (Å²) in [5.41, 5.74) is 2.00. The average Bonchev–Trinajstić information content (AvgIpc) is 2.19. The number of rotatable bonds is 3. The number of nitrogens with zero attached hydrogens (tertiary/aromatic N) is 2. The fraction of sp³-hybridized carbons (Fsp3) is 0.385. The smallest absolute Gasteiger partial charge is 0.158 e. The lowest BCUT2D eigenvalue weighted by Crippen LogP contribution is -1.97. The van der Waals surface area contributed by atoms with Crippen molar-refractivity contribution < 1.29 is 0 Å². The van der Waals surface area contributed by atoms with Crippen LogP contribution in [0, 0.1) is 28.6 Å². The molecule has 0 unspecified atom stereocenters. The van der Waals surface area contributed by atoms with Gasteiger partial charge in [0.2, 0.25) is 0 Å². The van der Waals surface area contributed by atoms with Gasteiger partial charge >= 0.3 is 0 Å². The van der Waals surface area contributed by atoms with Crippen LogP contribution in [0.5, 0.6) is 0 Å². The lowest BCUT2D eigenvalue weighted by atomic mass is 9.96. The molecule has 0 atom stereocenters. The molecule has 1 rings (SSSR count). The van der Waals surface area contributed by atoms with Crippen molar-refractivity contribution >= 4 is 0 Å². The molecule has 0 heterocycles. The molecule has 1 aromatic carbocycles. The molecule has 0 aliphatic rings. The van der Waals surface area contributed by atoms with Crippen LogP contribution in [0.2, 0.25) is 0 Å². The van der Waals surface area contributed by atoms with Crippen molar-refractivity contribution in [3.63, 3.8) is 0 Å². The van der Waals surface area contributed by atoms with Crippen LogP contribution in [0.1, 0.15) is 30.9 Å². The Morgan fingerprint density at radius 1 is 1.20 bits per heavy atom. The second-order valence-electron chi connectivity index (χ2n) is 4.03. The molecular formula is C13H14N2. The Labute approximate surface area is 90.8 Å². The van der Waals surface area contributed by atoms with Crippen LogP contribution in [-0.4, -0.2) is 0 Å². The third kappa shape index (κ3) is 3.11. The maximum absolute atomic E-state index is 8.78. The topological polar surface area (TPSA) is 47.6 Å². The number of hydrogen-bond donors (Lipinski definition) is 0. The van der Waals surface area contributed by atoms with Gasteiger partial charge in [0.1, 0.15) is 0 Å². The predicted octanol–water partition coefficient (Wildman–Crippen LogP) is 3.02. The van der Waals surface area contributed by atoms with Gasteiger partial charge in [0, 0.05) is 0 Å². The van der Waals surface area contributed by atoms with Gasteiger partial charge < -0.3 is 0 Å². The number of benzene rings is 1. The fourth-order valence-electron chi connectivity index (χ4n) is 1.55. The molecule has 0 spiro atoms. The molecule has 0 amide bonds. The lowest BCUT2D eigenvalue weighted by Gasteiger charge is -2.07. The lowest BCUT2D eigenvalue weighted by molar-refractivity contribution is 0.647. The van der Waals surface area contributed by atoms with Crippen LogP contribution in [-0.2, 0) is 6.42 Å². The van der Waals surface area contributed by atoms with Crippen molar-refractivity contribution in [2.45, 2.75) is 26.2 Å². The Kier molecular flexibility index (Phi) is 3.89. The van der Waals surface area contributed by atoms with E-state index in [2.05, 4.69) is 13.8 Å². The first-order valence-corrected chi connectivity index (χ1v) is 5.05. The minimum Gasteiger partial charge on any atom is -0.196 e. The van der Waals surface area contributed by atoms with E-state index in [-0.39, 0.29) is 0 Å². The van der Waals surface area contributed by atoms with Crippen LogP contribution >= 0.6 is 0 Å². The SMILES string of the molecule is CC(C)Cc1cccc(C(C#N)C#N)c1. The van der Waals surface area contributed by atoms with E-state index in [1.807, 2.05) is 36.4 Å². The van der Waals surface area contributed by atoms with E-state index in [1.165, 1.54) is 5.56 Å². The Morgan fingerprint density at radius 2 is 1.87 bits per heavy atom. The average molecular weight is 198 g/mol. The van der Waals surface area contributed by atoms with E-state index in [4.69, 9.17) is 10.5 Å². The van der Waals surface area contributed by atoms with Gasteiger partial charge in [-0.25, -0.2) is 0 Å². The highest BCUT2D eigenvalue weighted by molar-refractivity contribution is 5.34. The highest BCUT2D eigenvalue weighted by Gasteiger charge is 2.09. The first-order valence-electron chi connectivity index (χ1n) is 5.05. The fourth-order valence-corrected chi connectivity index (χ4v) is 1.55. The Morgan fingerprint density at radius 3 is 2.40 bits per heavy atom. The molecular weight excluding hydrogens is 184 g/mol. The van der Waals surface area contributed by atoms with E-state index in [0.717, 1.165) is 12.0 Å². The molecule has 15 heavy (non-hydrogen) atoms. The number of nitriles is 2. The molecule has 0 fully saturated rings. The van der Waals surface area contributed by atoms with Crippen molar-refractivity contribution in [1.29, 1.82) is 10.5 Å². The standard InChI is InChI=1S/C13H14N2/c1-10(2)6-11-4-3-5-12(7-11)13(8-14)9-15/h3-5,7,10,13H,6H2,1-2H3. The monoisotopic (exact) mass is 198 g/mol. The van der Waals surface area contributed by atoms with Crippen molar-refractivity contribution in [3.05, 3.63) is 35.4 Å². The summed E-state index contributed by atoms with van der Waals surface area (Å²) in [6.07, 6.45) is 0.984. The summed E-state index contributed by atoms with van der Waals surface area (Å²) < 4.78 is 0. The van der Waals surface area contributed by atoms with Gasteiger partial charge in [0.05, 0.1) is 12.1 Å². The molecule has 2 nitrogen and oxygen atoms in total. The van der Waals surface area contributed by atoms with Crippen molar-refractivity contribution in [2.75, 3.05) is 0 Å². The van der Waals surface area contributed by atoms with Crippen LogP contribution in [0.15, 0.2) is 24.3 Å². The summed E-state index contributed by atoms with van der Waals surface area (Å²) >= 11 is 0. The molecule has 0 saturated carbocycles. The maximum Gasteiger partial charge on any atom is 0.158 e. The van der Waals surface area contributed by atoms with Gasteiger partial charge in [-0.15, -0.1) is 0 Å². The second kappa shape index (κ2) is 5.17. The summed E-state index contributed by atoms with van der Waals surface area (Å²) in [6.45, 7) is 4.30. The molecule has 0 aromatic heterocycles. The zero-order chi connectivity index (χ0) is 11.3. The molecule has 0 saturated heterocycles. The normalized spacial score (nSPS) is 10.0. The first kappa shape index (κ1) is 11.3. The Bertz CT molecular complexity index is 393. The first-order chi connectivity index (χ1) is 7.17. The van der Waals surface area contributed by atoms with Crippen molar-refractivity contribution in [3.8, 4) is 12.1 Å². The highest BCUT2D eigenvalue weighted by atomic mass is 14.3. The van der Waals surface area contributed by atoms with Crippen LogP contribution in [0.3, 0.4) is 0 Å². The van der Waals surface area contributed by atoms with E-state index in [1.54, 1.807) is 0 Å². The maximum atomic E-state index is 8.78. The molecule has 1 aromatic rings. The largest absolute Gasteiger partial charge is 0.196 e. The molecule has 0 N–H and O–H groups in total. The minimum atomic E-state index is -0.642. The van der Waals surface area contributed by atoms with E-state index < -0.39 is 5.92 Å². The zero-order valence-corrected chi connectivity index (χ0v) is 9.07. The van der Waals surface area contributed by atoms with Crippen LogP contribution < -0.4 is 0 Å². The Hall–Kier alpha value is -1.80. The van der Waals surface area contributed by atoms with Gasteiger partial charge in [-0.05, 0) is 23.5 Å². The molecule has 76 valence electrons. The van der Waals surface area contributed by atoms with Crippen molar-refractivity contribution in [1.82, 2.24) is 0 Å². The predicted molar refractivity (Wildman–Crippen MR) is 59.0 cm³/mol. The molecule has 0 aliphatic carbocycles. The zero-order valence-electron chi connectivity index (χ0n) is 9.07. The highest BCUT2D eigenvalue weighted by Crippen LogP contribution is 2.17. The van der Waals surface area contributed by atoms with E-state index in [0.29, 0.717) is 5.92 Å². The third-order valence-electron chi connectivity index (χ3n) is 2.19. The van der Waals surface area contributed by atoms with Gasteiger partial charge in [0.15, 0.2) is 5.92 Å². The summed E-state index contributed by atoms with van der Waals surface area (Å²) in [7, 11) is 0. The molecule has 0 radical (unpaired) electrons. The molecule has 2 heteroatoms. The van der Waals surface area contributed by atoms with Crippen LogP contribution in [0.4, 0.5) is 0 Å². The summed E-state index contributed by atoms with van der Waals surface area (Å²) in [4.78, 5) is 0. The van der Waals surface area contributed by atoms with Crippen molar-refractivity contribution in [2.24, 2.45) is 5.92 Å². The number of hydrogen-bond acceptors (Lipinski definition) is 2. The second-order valence-corrected chi connectivity index (χ2v) is 4.03. The Balaban J connectivity index is 2.94. The summed E-state index contributed by atoms with van der Waals surface area (Å²) in [5, 5.41) is 17.6. The van der Waals surface area contributed by atoms with Gasteiger partial charge in [0.25, 0.3) is 0 Å². The minimum absolute atomic E-state index is 0.586. The molecule has 0 aliphatic heterocycles. The summed E-state index contributed by atoms with van der Waals surface area (Å²) in [6, 6.07) is 11.7.